The first-order chi connectivity index (χ1) is 12.5. The van der Waals surface area contributed by atoms with Crippen LogP contribution in [0, 0.1) is 13.8 Å². The quantitative estimate of drug-likeness (QED) is 0.699. The highest BCUT2D eigenvalue weighted by atomic mass is 35.5. The molecule has 3 aromatic heterocycles. The van der Waals surface area contributed by atoms with Crippen LogP contribution in [-0.4, -0.2) is 27.4 Å². The Balaban J connectivity index is 1.71. The SMILES string of the molecule is COc1c(C)cnc(CNC(=O)/C=C\c2c(Cl)nc3ccccn23)c1C. The molecule has 3 aromatic rings. The van der Waals surface area contributed by atoms with Crippen molar-refractivity contribution in [2.45, 2.75) is 20.4 Å². The largest absolute Gasteiger partial charge is 0.496 e. The molecule has 3 heterocycles. The molecule has 1 N–H and O–H groups in total. The first-order valence-corrected chi connectivity index (χ1v) is 8.46. The smallest absolute Gasteiger partial charge is 0.244 e. The van der Waals surface area contributed by atoms with Gasteiger partial charge in [-0.15, -0.1) is 0 Å². The number of hydrogen-bond acceptors (Lipinski definition) is 4. The number of ether oxygens (including phenoxy) is 1. The number of nitrogens with one attached hydrogen (secondary N) is 1. The highest BCUT2D eigenvalue weighted by Crippen LogP contribution is 2.23. The Bertz CT molecular complexity index is 995. The van der Waals surface area contributed by atoms with E-state index >= 15 is 0 Å². The third kappa shape index (κ3) is 3.55. The molecule has 0 radical (unpaired) electrons. The predicted molar refractivity (Wildman–Crippen MR) is 101 cm³/mol. The van der Waals surface area contributed by atoms with Crippen molar-refractivity contribution < 1.29 is 9.53 Å². The lowest BCUT2D eigenvalue weighted by Crippen LogP contribution is -2.21. The van der Waals surface area contributed by atoms with Crippen molar-refractivity contribution in [2.75, 3.05) is 7.11 Å². The summed E-state index contributed by atoms with van der Waals surface area (Å²) in [6.45, 7) is 4.17. The van der Waals surface area contributed by atoms with Crippen LogP contribution in [0.4, 0.5) is 0 Å². The van der Waals surface area contributed by atoms with E-state index in [0.717, 1.165) is 28.2 Å². The molecule has 0 spiro atoms. The summed E-state index contributed by atoms with van der Waals surface area (Å²) in [6.07, 6.45) is 6.66. The Kier molecular flexibility index (Phi) is 5.23. The Labute approximate surface area is 156 Å². The van der Waals surface area contributed by atoms with Gasteiger partial charge < -0.3 is 10.1 Å². The van der Waals surface area contributed by atoms with Gasteiger partial charge in [-0.3, -0.25) is 14.2 Å². The molecule has 7 heteroatoms. The lowest BCUT2D eigenvalue weighted by Gasteiger charge is -2.12. The zero-order chi connectivity index (χ0) is 18.7. The van der Waals surface area contributed by atoms with Gasteiger partial charge in [-0.2, -0.15) is 0 Å². The number of nitrogens with zero attached hydrogens (tertiary/aromatic N) is 3. The van der Waals surface area contributed by atoms with Crippen molar-refractivity contribution in [2.24, 2.45) is 0 Å². The van der Waals surface area contributed by atoms with E-state index < -0.39 is 0 Å². The van der Waals surface area contributed by atoms with Gasteiger partial charge >= 0.3 is 0 Å². The minimum absolute atomic E-state index is 0.243. The van der Waals surface area contributed by atoms with E-state index in [9.17, 15) is 4.79 Å². The average Bonchev–Trinajstić information content (AvgIpc) is 2.95. The van der Waals surface area contributed by atoms with Crippen molar-refractivity contribution >= 4 is 29.2 Å². The molecule has 0 aromatic carbocycles. The molecular formula is C19H19ClN4O2. The fourth-order valence-electron chi connectivity index (χ4n) is 2.77. The molecule has 6 nitrogen and oxygen atoms in total. The second kappa shape index (κ2) is 7.58. The van der Waals surface area contributed by atoms with Crippen LogP contribution in [-0.2, 0) is 11.3 Å². The summed E-state index contributed by atoms with van der Waals surface area (Å²) in [7, 11) is 1.63. The lowest BCUT2D eigenvalue weighted by molar-refractivity contribution is -0.116. The number of methoxy groups -OCH3 is 1. The van der Waals surface area contributed by atoms with E-state index in [1.807, 2.05) is 42.6 Å². The summed E-state index contributed by atoms with van der Waals surface area (Å²) in [5.41, 5.74) is 4.03. The van der Waals surface area contributed by atoms with Crippen LogP contribution in [0.2, 0.25) is 5.15 Å². The minimum atomic E-state index is -0.243. The molecule has 0 fully saturated rings. The number of aromatic nitrogens is 3. The Morgan fingerprint density at radius 1 is 1.38 bits per heavy atom. The van der Waals surface area contributed by atoms with Crippen molar-refractivity contribution in [3.63, 3.8) is 0 Å². The molecule has 0 saturated carbocycles. The van der Waals surface area contributed by atoms with Crippen LogP contribution in [0.1, 0.15) is 22.5 Å². The summed E-state index contributed by atoms with van der Waals surface area (Å²) in [5, 5.41) is 3.17. The number of fused-ring (bicyclic) bond motifs is 1. The second-order valence-corrected chi connectivity index (χ2v) is 6.17. The monoisotopic (exact) mass is 370 g/mol. The van der Waals surface area contributed by atoms with Gasteiger partial charge in [0.05, 0.1) is 25.0 Å². The fraction of sp³-hybridized carbons (Fsp3) is 0.211. The Hall–Kier alpha value is -2.86. The Morgan fingerprint density at radius 2 is 2.19 bits per heavy atom. The number of aryl methyl sites for hydroxylation is 1. The van der Waals surface area contributed by atoms with Gasteiger partial charge in [0, 0.05) is 29.6 Å². The molecule has 0 aliphatic carbocycles. The summed E-state index contributed by atoms with van der Waals surface area (Å²) >= 11 is 6.15. The first kappa shape index (κ1) is 17.9. The normalized spacial score (nSPS) is 11.2. The molecule has 0 aliphatic rings. The highest BCUT2D eigenvalue weighted by Gasteiger charge is 2.10. The third-order valence-corrected chi connectivity index (χ3v) is 4.37. The van der Waals surface area contributed by atoms with Crippen molar-refractivity contribution in [1.29, 1.82) is 0 Å². The number of carbonyl (C=O) groups excluding carboxylic acids is 1. The van der Waals surface area contributed by atoms with E-state index in [-0.39, 0.29) is 5.91 Å². The number of imidazole rings is 1. The molecule has 0 aliphatic heterocycles. The fourth-order valence-corrected chi connectivity index (χ4v) is 3.01. The van der Waals surface area contributed by atoms with Crippen LogP contribution in [0.3, 0.4) is 0 Å². The number of rotatable bonds is 5. The number of pyridine rings is 2. The maximum atomic E-state index is 12.2. The van der Waals surface area contributed by atoms with Crippen molar-refractivity contribution in [1.82, 2.24) is 19.7 Å². The van der Waals surface area contributed by atoms with E-state index in [1.54, 1.807) is 19.4 Å². The van der Waals surface area contributed by atoms with Crippen LogP contribution >= 0.6 is 11.6 Å². The molecule has 1 amide bonds. The highest BCUT2D eigenvalue weighted by molar-refractivity contribution is 6.31. The molecule has 0 unspecified atom stereocenters. The van der Waals surface area contributed by atoms with Crippen LogP contribution in [0.25, 0.3) is 11.7 Å². The molecule has 26 heavy (non-hydrogen) atoms. The zero-order valence-corrected chi connectivity index (χ0v) is 15.5. The van der Waals surface area contributed by atoms with E-state index in [1.165, 1.54) is 6.08 Å². The van der Waals surface area contributed by atoms with Gasteiger partial charge in [0.2, 0.25) is 5.91 Å². The molecule has 0 saturated heterocycles. The molecule has 3 rings (SSSR count). The Morgan fingerprint density at radius 3 is 2.96 bits per heavy atom. The van der Waals surface area contributed by atoms with Gasteiger partial charge in [-0.05, 0) is 32.1 Å². The van der Waals surface area contributed by atoms with Crippen molar-refractivity contribution in [3.05, 3.63) is 64.3 Å². The molecule has 0 bridgehead atoms. The topological polar surface area (TPSA) is 68.5 Å². The maximum absolute atomic E-state index is 12.2. The van der Waals surface area contributed by atoms with Gasteiger partial charge in [0.15, 0.2) is 5.15 Å². The number of hydrogen-bond donors (Lipinski definition) is 1. The summed E-state index contributed by atoms with van der Waals surface area (Å²) in [6, 6.07) is 5.61. The van der Waals surface area contributed by atoms with Gasteiger partial charge in [-0.25, -0.2) is 4.98 Å². The predicted octanol–water partition coefficient (Wildman–Crippen LogP) is 3.34. The van der Waals surface area contributed by atoms with E-state index in [4.69, 9.17) is 16.3 Å². The first-order valence-electron chi connectivity index (χ1n) is 8.09. The third-order valence-electron chi connectivity index (χ3n) is 4.09. The summed E-state index contributed by atoms with van der Waals surface area (Å²) < 4.78 is 7.20. The minimum Gasteiger partial charge on any atom is -0.496 e. The molecular weight excluding hydrogens is 352 g/mol. The van der Waals surface area contributed by atoms with Crippen LogP contribution < -0.4 is 10.1 Å². The van der Waals surface area contributed by atoms with E-state index in [2.05, 4.69) is 15.3 Å². The second-order valence-electron chi connectivity index (χ2n) is 5.81. The number of amides is 1. The zero-order valence-electron chi connectivity index (χ0n) is 14.8. The van der Waals surface area contributed by atoms with Gasteiger partial charge in [-0.1, -0.05) is 17.7 Å². The summed E-state index contributed by atoms with van der Waals surface area (Å²) in [5.74, 6) is 0.546. The maximum Gasteiger partial charge on any atom is 0.244 e. The van der Waals surface area contributed by atoms with Gasteiger partial charge in [0.25, 0.3) is 0 Å². The molecule has 134 valence electrons. The van der Waals surface area contributed by atoms with Gasteiger partial charge in [0.1, 0.15) is 11.4 Å². The average molecular weight is 371 g/mol. The van der Waals surface area contributed by atoms with Crippen LogP contribution in [0.5, 0.6) is 5.75 Å². The molecule has 0 atom stereocenters. The lowest BCUT2D eigenvalue weighted by atomic mass is 10.1. The number of carbonyl (C=O) groups is 1. The van der Waals surface area contributed by atoms with E-state index in [0.29, 0.717) is 17.4 Å². The number of halogens is 1. The van der Waals surface area contributed by atoms with Crippen molar-refractivity contribution in [3.8, 4) is 5.75 Å². The summed E-state index contributed by atoms with van der Waals surface area (Å²) in [4.78, 5) is 20.8. The van der Waals surface area contributed by atoms with Crippen LogP contribution in [0.15, 0.2) is 36.7 Å². The standard InChI is InChI=1S/C19H19ClN4O2/c1-12-10-21-14(13(2)18(12)26-3)11-22-17(25)8-7-15-19(20)23-16-6-4-5-9-24(15)16/h4-10H,11H2,1-3H3,(H,22,25)/b8-7-.